The summed E-state index contributed by atoms with van der Waals surface area (Å²) in [5.74, 6) is -0.528. The predicted octanol–water partition coefficient (Wildman–Crippen LogP) is 5.39. The number of carbonyl (C=O) groups excluding carboxylic acids is 1. The van der Waals surface area contributed by atoms with Crippen LogP contribution in [0.2, 0.25) is 0 Å². The van der Waals surface area contributed by atoms with Crippen LogP contribution in [0.3, 0.4) is 0 Å². The highest BCUT2D eigenvalue weighted by Gasteiger charge is 2.28. The zero-order valence-corrected chi connectivity index (χ0v) is 18.4. The topological polar surface area (TPSA) is 81.8 Å². The van der Waals surface area contributed by atoms with Gasteiger partial charge < -0.3 is 4.74 Å². The Kier molecular flexibility index (Phi) is 7.15. The van der Waals surface area contributed by atoms with Gasteiger partial charge in [0.05, 0.1) is 10.6 Å². The number of ether oxygens (including phenoxy) is 1. The molecule has 1 atom stereocenters. The van der Waals surface area contributed by atoms with Gasteiger partial charge in [-0.2, -0.15) is 0 Å². The van der Waals surface area contributed by atoms with Crippen molar-refractivity contribution in [3.63, 3.8) is 0 Å². The highest BCUT2D eigenvalue weighted by atomic mass is 16.6. The smallest absolute Gasteiger partial charge is 0.331 e. The lowest BCUT2D eigenvalue weighted by molar-refractivity contribution is -0.385. The van der Waals surface area contributed by atoms with Gasteiger partial charge in [-0.3, -0.25) is 15.1 Å². The third kappa shape index (κ3) is 6.11. The number of nitro benzene ring substituents is 1. The van der Waals surface area contributed by atoms with E-state index in [1.54, 1.807) is 39.0 Å². The molecule has 0 aliphatic rings. The van der Waals surface area contributed by atoms with E-state index in [1.165, 1.54) is 6.07 Å². The van der Waals surface area contributed by atoms with Crippen LogP contribution in [0, 0.1) is 10.1 Å². The van der Waals surface area contributed by atoms with Crippen molar-refractivity contribution >= 4 is 17.4 Å². The fraction of sp³-hybridized carbons (Fsp3) is 0.231. The van der Waals surface area contributed by atoms with Gasteiger partial charge in [0.1, 0.15) is 5.60 Å². The second-order valence-corrected chi connectivity index (χ2v) is 8.35. The zero-order chi connectivity index (χ0) is 23.1. The number of rotatable bonds is 7. The van der Waals surface area contributed by atoms with Crippen molar-refractivity contribution in [2.45, 2.75) is 38.8 Å². The van der Waals surface area contributed by atoms with Crippen molar-refractivity contribution in [1.29, 1.82) is 0 Å². The maximum absolute atomic E-state index is 13.1. The van der Waals surface area contributed by atoms with E-state index in [0.717, 1.165) is 11.1 Å². The van der Waals surface area contributed by atoms with Crippen LogP contribution in [0.1, 0.15) is 37.5 Å². The second kappa shape index (κ2) is 10.0. The first-order valence-electron chi connectivity index (χ1n) is 10.4. The number of benzene rings is 3. The molecule has 0 saturated heterocycles. The summed E-state index contributed by atoms with van der Waals surface area (Å²) in [6.45, 7) is 5.35. The Hall–Kier alpha value is -3.80. The summed E-state index contributed by atoms with van der Waals surface area (Å²) >= 11 is 0. The standard InChI is InChI=1S/C26H26N2O4/c1-26(2,3)32-25(29)22(18-21-16-10-11-17-23(21)28(30)31)27-24(19-12-6-4-7-13-19)20-14-8-5-9-15-20/h4-17,22H,18H2,1-3H3. The molecule has 1 unspecified atom stereocenters. The molecule has 0 fully saturated rings. The van der Waals surface area contributed by atoms with E-state index in [9.17, 15) is 14.9 Å². The molecule has 3 rings (SSSR count). The molecule has 3 aromatic rings. The molecular weight excluding hydrogens is 404 g/mol. The minimum Gasteiger partial charge on any atom is -0.458 e. The van der Waals surface area contributed by atoms with Gasteiger partial charge >= 0.3 is 5.97 Å². The van der Waals surface area contributed by atoms with E-state index < -0.39 is 22.5 Å². The Morgan fingerprint density at radius 3 is 1.91 bits per heavy atom. The molecule has 6 heteroatoms. The van der Waals surface area contributed by atoms with Crippen LogP contribution in [-0.4, -0.2) is 28.2 Å². The Bertz CT molecular complexity index is 1060. The Labute approximate surface area is 187 Å². The second-order valence-electron chi connectivity index (χ2n) is 8.35. The summed E-state index contributed by atoms with van der Waals surface area (Å²) in [5, 5.41) is 11.5. The highest BCUT2D eigenvalue weighted by molar-refractivity contribution is 6.13. The molecule has 164 valence electrons. The fourth-order valence-electron chi connectivity index (χ4n) is 3.28. The minimum atomic E-state index is -0.953. The highest BCUT2D eigenvalue weighted by Crippen LogP contribution is 2.23. The summed E-state index contributed by atoms with van der Waals surface area (Å²) < 4.78 is 5.63. The third-order valence-electron chi connectivity index (χ3n) is 4.66. The van der Waals surface area contributed by atoms with Crippen LogP contribution in [0.5, 0.6) is 0 Å². The molecule has 0 spiro atoms. The SMILES string of the molecule is CC(C)(C)OC(=O)C(Cc1ccccc1[N+](=O)[O-])N=C(c1ccccc1)c1ccccc1. The van der Waals surface area contributed by atoms with E-state index in [0.29, 0.717) is 11.3 Å². The van der Waals surface area contributed by atoms with E-state index in [-0.39, 0.29) is 12.1 Å². The summed E-state index contributed by atoms with van der Waals surface area (Å²) in [6, 6.07) is 24.5. The maximum Gasteiger partial charge on any atom is 0.331 e. The molecule has 0 saturated carbocycles. The van der Waals surface area contributed by atoms with E-state index >= 15 is 0 Å². The van der Waals surface area contributed by atoms with Crippen molar-refractivity contribution in [3.05, 3.63) is 112 Å². The Morgan fingerprint density at radius 2 is 1.41 bits per heavy atom. The maximum atomic E-state index is 13.1. The third-order valence-corrected chi connectivity index (χ3v) is 4.66. The van der Waals surface area contributed by atoms with Gasteiger partial charge in [-0.1, -0.05) is 78.9 Å². The summed E-state index contributed by atoms with van der Waals surface area (Å²) in [5.41, 5.74) is 1.98. The summed E-state index contributed by atoms with van der Waals surface area (Å²) in [7, 11) is 0. The van der Waals surface area contributed by atoms with Gasteiger partial charge in [-0.05, 0) is 20.8 Å². The van der Waals surface area contributed by atoms with Crippen molar-refractivity contribution in [2.75, 3.05) is 0 Å². The molecule has 0 N–H and O–H groups in total. The lowest BCUT2D eigenvalue weighted by atomic mass is 10.00. The lowest BCUT2D eigenvalue weighted by Crippen LogP contribution is -2.33. The molecule has 0 amide bonds. The van der Waals surface area contributed by atoms with Crippen molar-refractivity contribution in [1.82, 2.24) is 0 Å². The van der Waals surface area contributed by atoms with Crippen molar-refractivity contribution in [3.8, 4) is 0 Å². The lowest BCUT2D eigenvalue weighted by Gasteiger charge is -2.23. The molecular formula is C26H26N2O4. The number of carbonyl (C=O) groups is 1. The van der Waals surface area contributed by atoms with E-state index in [2.05, 4.69) is 0 Å². The molecule has 0 aromatic heterocycles. The molecule has 3 aromatic carbocycles. The molecule has 0 bridgehead atoms. The normalized spacial score (nSPS) is 12.0. The quantitative estimate of drug-likeness (QED) is 0.218. The van der Waals surface area contributed by atoms with Crippen LogP contribution in [0.4, 0.5) is 5.69 Å². The number of nitrogens with zero attached hydrogens (tertiary/aromatic N) is 2. The molecule has 0 heterocycles. The summed E-state index contributed by atoms with van der Waals surface area (Å²) in [4.78, 5) is 29.0. The van der Waals surface area contributed by atoms with Gasteiger partial charge in [0.2, 0.25) is 0 Å². The molecule has 0 aliphatic carbocycles. The fourth-order valence-corrected chi connectivity index (χ4v) is 3.28. The Balaban J connectivity index is 2.11. The van der Waals surface area contributed by atoms with Gasteiger partial charge in [0.15, 0.2) is 6.04 Å². The number of aliphatic imine (C=N–C) groups is 1. The van der Waals surface area contributed by atoms with Gasteiger partial charge in [0, 0.05) is 29.2 Å². The van der Waals surface area contributed by atoms with Gasteiger partial charge in [-0.25, -0.2) is 4.79 Å². The van der Waals surface area contributed by atoms with Gasteiger partial charge in [0.25, 0.3) is 5.69 Å². The van der Waals surface area contributed by atoms with Crippen LogP contribution in [0.25, 0.3) is 0 Å². The largest absolute Gasteiger partial charge is 0.458 e. The predicted molar refractivity (Wildman–Crippen MR) is 125 cm³/mol. The van der Waals surface area contributed by atoms with Gasteiger partial charge in [-0.15, -0.1) is 0 Å². The van der Waals surface area contributed by atoms with E-state index in [4.69, 9.17) is 9.73 Å². The van der Waals surface area contributed by atoms with Crippen LogP contribution >= 0.6 is 0 Å². The number of para-hydroxylation sites is 1. The van der Waals surface area contributed by atoms with Crippen molar-refractivity contribution < 1.29 is 14.5 Å². The molecule has 0 aliphatic heterocycles. The minimum absolute atomic E-state index is 0.0442. The molecule has 0 radical (unpaired) electrons. The number of nitro groups is 1. The molecule has 32 heavy (non-hydrogen) atoms. The number of hydrogen-bond donors (Lipinski definition) is 0. The van der Waals surface area contributed by atoms with Crippen LogP contribution in [-0.2, 0) is 16.0 Å². The number of esters is 1. The first-order chi connectivity index (χ1) is 15.2. The average Bonchev–Trinajstić information content (AvgIpc) is 2.76. The molecule has 6 nitrogen and oxygen atoms in total. The zero-order valence-electron chi connectivity index (χ0n) is 18.4. The summed E-state index contributed by atoms with van der Waals surface area (Å²) in [6.07, 6.45) is 0.0508. The van der Waals surface area contributed by atoms with Crippen LogP contribution < -0.4 is 0 Å². The first-order valence-corrected chi connectivity index (χ1v) is 10.4. The monoisotopic (exact) mass is 430 g/mol. The number of hydrogen-bond acceptors (Lipinski definition) is 5. The Morgan fingerprint density at radius 1 is 0.906 bits per heavy atom. The van der Waals surface area contributed by atoms with E-state index in [1.807, 2.05) is 60.7 Å². The van der Waals surface area contributed by atoms with Crippen molar-refractivity contribution in [2.24, 2.45) is 4.99 Å². The van der Waals surface area contributed by atoms with Crippen LogP contribution in [0.15, 0.2) is 89.9 Å². The average molecular weight is 431 g/mol. The first kappa shape index (κ1) is 22.9.